The van der Waals surface area contributed by atoms with Crippen LogP contribution < -0.4 is 14.8 Å². The fourth-order valence-electron chi connectivity index (χ4n) is 1.66. The van der Waals surface area contributed by atoms with Crippen LogP contribution in [-0.4, -0.2) is 23.6 Å². The number of nitrogens with one attached hydrogen (secondary N) is 1. The van der Waals surface area contributed by atoms with Gasteiger partial charge < -0.3 is 14.8 Å². The minimum Gasteiger partial charge on any atom is -0.478 e. The number of benzene rings is 1. The molecule has 0 unspecified atom stereocenters. The third-order valence-corrected chi connectivity index (χ3v) is 2.46. The standard InChI is InChI=1S/C14H17N3O2/c1-3-18-13-8-14(17-10-16-13)19-12-7-5-4-6-11(12)9-15-2/h4-8,10,15H,3,9H2,1-2H3. The minimum atomic E-state index is 0.474. The van der Waals surface area contributed by atoms with Crippen molar-refractivity contribution in [3.63, 3.8) is 0 Å². The number of ether oxygens (including phenoxy) is 2. The molecule has 5 heteroatoms. The lowest BCUT2D eigenvalue weighted by atomic mass is 10.2. The van der Waals surface area contributed by atoms with Gasteiger partial charge in [-0.25, -0.2) is 9.97 Å². The molecule has 1 N–H and O–H groups in total. The Morgan fingerprint density at radius 1 is 1.16 bits per heavy atom. The maximum atomic E-state index is 5.78. The molecule has 0 amide bonds. The van der Waals surface area contributed by atoms with Gasteiger partial charge in [0.05, 0.1) is 12.7 Å². The van der Waals surface area contributed by atoms with Crippen molar-refractivity contribution < 1.29 is 9.47 Å². The highest BCUT2D eigenvalue weighted by atomic mass is 16.5. The molecule has 1 heterocycles. The topological polar surface area (TPSA) is 56.3 Å². The van der Waals surface area contributed by atoms with E-state index < -0.39 is 0 Å². The summed E-state index contributed by atoms with van der Waals surface area (Å²) in [6.07, 6.45) is 1.43. The Kier molecular flexibility index (Phi) is 4.69. The zero-order chi connectivity index (χ0) is 13.5. The Balaban J connectivity index is 2.18. The molecule has 2 aromatic rings. The molecule has 0 bridgehead atoms. The van der Waals surface area contributed by atoms with Crippen molar-refractivity contribution in [2.45, 2.75) is 13.5 Å². The SMILES string of the molecule is CCOc1cc(Oc2ccccc2CNC)ncn1. The summed E-state index contributed by atoms with van der Waals surface area (Å²) in [5, 5.41) is 3.10. The first-order valence-electron chi connectivity index (χ1n) is 6.18. The highest BCUT2D eigenvalue weighted by Gasteiger charge is 2.06. The lowest BCUT2D eigenvalue weighted by Gasteiger charge is -2.10. The smallest absolute Gasteiger partial charge is 0.226 e. The lowest BCUT2D eigenvalue weighted by Crippen LogP contribution is -2.06. The van der Waals surface area contributed by atoms with Crippen LogP contribution in [0.4, 0.5) is 0 Å². The molecule has 0 radical (unpaired) electrons. The second-order valence-electron chi connectivity index (χ2n) is 3.87. The maximum Gasteiger partial charge on any atom is 0.226 e. The Labute approximate surface area is 112 Å². The Morgan fingerprint density at radius 2 is 1.95 bits per heavy atom. The van der Waals surface area contributed by atoms with Crippen LogP contribution in [0.15, 0.2) is 36.7 Å². The molecule has 19 heavy (non-hydrogen) atoms. The van der Waals surface area contributed by atoms with Gasteiger partial charge in [-0.1, -0.05) is 18.2 Å². The third-order valence-electron chi connectivity index (χ3n) is 2.46. The van der Waals surface area contributed by atoms with Gasteiger partial charge in [0.15, 0.2) is 0 Å². The zero-order valence-corrected chi connectivity index (χ0v) is 11.1. The number of aromatic nitrogens is 2. The summed E-state index contributed by atoms with van der Waals surface area (Å²) in [5.41, 5.74) is 1.07. The van der Waals surface area contributed by atoms with Crippen LogP contribution in [0.25, 0.3) is 0 Å². The summed E-state index contributed by atoms with van der Waals surface area (Å²) in [6.45, 7) is 3.21. The highest BCUT2D eigenvalue weighted by molar-refractivity contribution is 5.36. The highest BCUT2D eigenvalue weighted by Crippen LogP contribution is 2.25. The number of hydrogen-bond acceptors (Lipinski definition) is 5. The summed E-state index contributed by atoms with van der Waals surface area (Å²) in [4.78, 5) is 8.09. The molecule has 0 aliphatic rings. The molecule has 100 valence electrons. The van der Waals surface area contributed by atoms with Gasteiger partial charge in [-0.3, -0.25) is 0 Å². The van der Waals surface area contributed by atoms with Crippen molar-refractivity contribution in [2.24, 2.45) is 0 Å². The monoisotopic (exact) mass is 259 g/mol. The predicted molar refractivity (Wildman–Crippen MR) is 72.5 cm³/mol. The van der Waals surface area contributed by atoms with Crippen LogP contribution >= 0.6 is 0 Å². The number of nitrogens with zero attached hydrogens (tertiary/aromatic N) is 2. The molecular formula is C14H17N3O2. The van der Waals surface area contributed by atoms with Gasteiger partial charge in [-0.05, 0) is 20.0 Å². The predicted octanol–water partition coefficient (Wildman–Crippen LogP) is 2.39. The molecule has 0 saturated carbocycles. The Bertz CT molecular complexity index is 532. The molecule has 0 saturated heterocycles. The molecule has 1 aromatic carbocycles. The Hall–Kier alpha value is -2.14. The first kappa shape index (κ1) is 13.3. The second kappa shape index (κ2) is 6.70. The number of hydrogen-bond donors (Lipinski definition) is 1. The van der Waals surface area contributed by atoms with Crippen molar-refractivity contribution in [1.82, 2.24) is 15.3 Å². The molecule has 0 fully saturated rings. The van der Waals surface area contributed by atoms with E-state index in [1.807, 2.05) is 38.2 Å². The van der Waals surface area contributed by atoms with Crippen molar-refractivity contribution in [1.29, 1.82) is 0 Å². The van der Waals surface area contributed by atoms with E-state index in [1.165, 1.54) is 6.33 Å². The number of rotatable bonds is 6. The molecule has 0 atom stereocenters. The van der Waals surface area contributed by atoms with Gasteiger partial charge in [0.1, 0.15) is 12.1 Å². The van der Waals surface area contributed by atoms with Gasteiger partial charge in [0, 0.05) is 12.1 Å². The zero-order valence-electron chi connectivity index (χ0n) is 11.1. The van der Waals surface area contributed by atoms with Gasteiger partial charge in [-0.15, -0.1) is 0 Å². The summed E-state index contributed by atoms with van der Waals surface area (Å²) < 4.78 is 11.1. The Morgan fingerprint density at radius 3 is 2.74 bits per heavy atom. The summed E-state index contributed by atoms with van der Waals surface area (Å²) in [7, 11) is 1.90. The van der Waals surface area contributed by atoms with Crippen LogP contribution in [-0.2, 0) is 6.54 Å². The molecule has 0 aliphatic carbocycles. The van der Waals surface area contributed by atoms with E-state index in [2.05, 4.69) is 15.3 Å². The fourth-order valence-corrected chi connectivity index (χ4v) is 1.66. The first-order valence-corrected chi connectivity index (χ1v) is 6.18. The van der Waals surface area contributed by atoms with E-state index >= 15 is 0 Å². The maximum absolute atomic E-state index is 5.78. The van der Waals surface area contributed by atoms with Crippen LogP contribution in [0.1, 0.15) is 12.5 Å². The lowest BCUT2D eigenvalue weighted by molar-refractivity contribution is 0.322. The summed E-state index contributed by atoms with van der Waals surface area (Å²) in [5.74, 6) is 1.76. The molecule has 0 spiro atoms. The van der Waals surface area contributed by atoms with Crippen molar-refractivity contribution in [2.75, 3.05) is 13.7 Å². The van der Waals surface area contributed by atoms with Crippen LogP contribution in [0.2, 0.25) is 0 Å². The van der Waals surface area contributed by atoms with Gasteiger partial charge in [0.25, 0.3) is 0 Å². The second-order valence-corrected chi connectivity index (χ2v) is 3.87. The summed E-state index contributed by atoms with van der Waals surface area (Å²) in [6, 6.07) is 9.51. The van der Waals surface area contributed by atoms with E-state index in [4.69, 9.17) is 9.47 Å². The van der Waals surface area contributed by atoms with Gasteiger partial charge >= 0.3 is 0 Å². The average Bonchev–Trinajstić information content (AvgIpc) is 2.42. The van der Waals surface area contributed by atoms with Gasteiger partial charge in [-0.2, -0.15) is 0 Å². The average molecular weight is 259 g/mol. The van der Waals surface area contributed by atoms with Crippen LogP contribution in [0.5, 0.6) is 17.5 Å². The quantitative estimate of drug-likeness (QED) is 0.863. The van der Waals surface area contributed by atoms with E-state index in [-0.39, 0.29) is 0 Å². The third kappa shape index (κ3) is 3.66. The normalized spacial score (nSPS) is 10.2. The van der Waals surface area contributed by atoms with Crippen molar-refractivity contribution in [3.8, 4) is 17.5 Å². The van der Waals surface area contributed by atoms with Gasteiger partial charge in [0.2, 0.25) is 11.8 Å². The van der Waals surface area contributed by atoms with Crippen molar-refractivity contribution in [3.05, 3.63) is 42.2 Å². The number of para-hydroxylation sites is 1. The first-order chi connectivity index (χ1) is 9.33. The van der Waals surface area contributed by atoms with Crippen molar-refractivity contribution >= 4 is 0 Å². The van der Waals surface area contributed by atoms with Crippen LogP contribution in [0.3, 0.4) is 0 Å². The van der Waals surface area contributed by atoms with E-state index in [0.29, 0.717) is 18.4 Å². The molecule has 0 aliphatic heterocycles. The molecular weight excluding hydrogens is 242 g/mol. The molecule has 2 rings (SSSR count). The largest absolute Gasteiger partial charge is 0.478 e. The van der Waals surface area contributed by atoms with E-state index in [9.17, 15) is 0 Å². The van der Waals surface area contributed by atoms with E-state index in [1.54, 1.807) is 6.07 Å². The minimum absolute atomic E-state index is 0.474. The summed E-state index contributed by atoms with van der Waals surface area (Å²) >= 11 is 0. The molecule has 1 aromatic heterocycles. The van der Waals surface area contributed by atoms with Crippen LogP contribution in [0, 0.1) is 0 Å². The fraction of sp³-hybridized carbons (Fsp3) is 0.286. The molecule has 5 nitrogen and oxygen atoms in total. The van der Waals surface area contributed by atoms with E-state index in [0.717, 1.165) is 17.9 Å².